The predicted octanol–water partition coefficient (Wildman–Crippen LogP) is 3.24. The van der Waals surface area contributed by atoms with E-state index in [1.807, 2.05) is 0 Å². The van der Waals surface area contributed by atoms with Crippen LogP contribution in [0.5, 0.6) is 5.75 Å². The van der Waals surface area contributed by atoms with Gasteiger partial charge in [-0.1, -0.05) is 19.3 Å². The lowest BCUT2D eigenvalue weighted by atomic mass is 9.95. The molecule has 27 heavy (non-hydrogen) atoms. The fourth-order valence-electron chi connectivity index (χ4n) is 3.15. The molecule has 1 aliphatic carbocycles. The Balaban J connectivity index is 1.86. The summed E-state index contributed by atoms with van der Waals surface area (Å²) in [5.41, 5.74) is 0.349. The molecule has 0 aromatic heterocycles. The van der Waals surface area contributed by atoms with Crippen molar-refractivity contribution in [3.8, 4) is 5.75 Å². The van der Waals surface area contributed by atoms with Crippen LogP contribution in [0.4, 0.5) is 18.9 Å². The van der Waals surface area contributed by atoms with Crippen LogP contribution in [0, 0.1) is 5.92 Å². The molecule has 0 heterocycles. The van der Waals surface area contributed by atoms with Crippen molar-refractivity contribution in [3.05, 3.63) is 24.3 Å². The average Bonchev–Trinajstić information content (AvgIpc) is 2.85. The summed E-state index contributed by atoms with van der Waals surface area (Å²) >= 11 is 0. The van der Waals surface area contributed by atoms with Crippen LogP contribution in [0.25, 0.3) is 0 Å². The third-order valence-corrected chi connectivity index (χ3v) is 4.42. The summed E-state index contributed by atoms with van der Waals surface area (Å²) in [6, 6.07) is 4.74. The lowest BCUT2D eigenvalue weighted by Gasteiger charge is -2.24. The van der Waals surface area contributed by atoms with Crippen molar-refractivity contribution in [2.45, 2.75) is 44.5 Å². The third-order valence-electron chi connectivity index (χ3n) is 4.42. The quantitative estimate of drug-likeness (QED) is 0.578. The van der Waals surface area contributed by atoms with Crippen molar-refractivity contribution in [3.63, 3.8) is 0 Å². The van der Waals surface area contributed by atoms with E-state index in [0.29, 0.717) is 12.1 Å². The number of carbonyl (C=O) groups is 2. The first-order valence-electron chi connectivity index (χ1n) is 8.75. The highest BCUT2D eigenvalue weighted by Crippen LogP contribution is 2.25. The molecule has 2 N–H and O–H groups in total. The van der Waals surface area contributed by atoms with Crippen LogP contribution in [0.3, 0.4) is 0 Å². The van der Waals surface area contributed by atoms with Crippen LogP contribution in [-0.4, -0.2) is 37.9 Å². The Morgan fingerprint density at radius 1 is 1.11 bits per heavy atom. The lowest BCUT2D eigenvalue weighted by Crippen LogP contribution is -2.43. The summed E-state index contributed by atoms with van der Waals surface area (Å²) in [6.07, 6.45) is -0.332. The minimum absolute atomic E-state index is 0.0149. The Bertz CT molecular complexity index is 634. The van der Waals surface area contributed by atoms with Crippen LogP contribution in [0.15, 0.2) is 24.3 Å². The monoisotopic (exact) mass is 388 g/mol. The Hall–Kier alpha value is -2.29. The maximum Gasteiger partial charge on any atom is 0.573 e. The minimum Gasteiger partial charge on any atom is -0.469 e. The van der Waals surface area contributed by atoms with Gasteiger partial charge in [0.05, 0.1) is 19.6 Å². The number of nitrogens with one attached hydrogen (secondary N) is 2. The summed E-state index contributed by atoms with van der Waals surface area (Å²) in [4.78, 5) is 24.0. The second kappa shape index (κ2) is 9.59. The smallest absolute Gasteiger partial charge is 0.469 e. The average molecular weight is 388 g/mol. The van der Waals surface area contributed by atoms with E-state index in [2.05, 4.69) is 15.4 Å². The zero-order valence-electron chi connectivity index (χ0n) is 15.0. The third kappa shape index (κ3) is 7.09. The molecule has 0 unspecified atom stereocenters. The van der Waals surface area contributed by atoms with Crippen molar-refractivity contribution in [2.24, 2.45) is 5.92 Å². The molecule has 150 valence electrons. The number of amides is 1. The topological polar surface area (TPSA) is 76.7 Å². The van der Waals surface area contributed by atoms with E-state index in [1.54, 1.807) is 0 Å². The molecule has 2 atom stereocenters. The standard InChI is InChI=1S/C18H23F3N2O4/c1-26-17(25)14-5-3-2-4-6-15(14)22-11-16(24)23-12-7-9-13(10-8-12)27-18(19,20)21/h7-10,14-15,22H,2-6,11H2,1H3,(H,23,24)/t14-,15-/m0/s1. The molecular formula is C18H23F3N2O4. The molecule has 2 rings (SSSR count). The van der Waals surface area contributed by atoms with E-state index >= 15 is 0 Å². The van der Waals surface area contributed by atoms with Crippen LogP contribution >= 0.6 is 0 Å². The number of benzene rings is 1. The molecule has 0 aliphatic heterocycles. The first-order valence-corrected chi connectivity index (χ1v) is 8.75. The van der Waals surface area contributed by atoms with Crippen LogP contribution < -0.4 is 15.4 Å². The maximum atomic E-state index is 12.1. The molecule has 0 radical (unpaired) electrons. The molecule has 0 saturated heterocycles. The summed E-state index contributed by atoms with van der Waals surface area (Å²) in [5, 5.41) is 5.69. The van der Waals surface area contributed by atoms with Gasteiger partial charge in [-0.2, -0.15) is 0 Å². The minimum atomic E-state index is -4.76. The van der Waals surface area contributed by atoms with Crippen molar-refractivity contribution < 1.29 is 32.2 Å². The Labute approximate surface area is 155 Å². The molecule has 1 fully saturated rings. The maximum absolute atomic E-state index is 12.1. The van der Waals surface area contributed by atoms with Gasteiger partial charge in [-0.15, -0.1) is 13.2 Å². The van der Waals surface area contributed by atoms with Gasteiger partial charge in [-0.25, -0.2) is 0 Å². The highest BCUT2D eigenvalue weighted by molar-refractivity contribution is 5.92. The fourth-order valence-corrected chi connectivity index (χ4v) is 3.15. The number of carbonyl (C=O) groups excluding carboxylic acids is 2. The van der Waals surface area contributed by atoms with Crippen molar-refractivity contribution in [1.82, 2.24) is 5.32 Å². The highest BCUT2D eigenvalue weighted by atomic mass is 19.4. The first-order chi connectivity index (χ1) is 12.8. The lowest BCUT2D eigenvalue weighted by molar-refractivity contribution is -0.274. The summed E-state index contributed by atoms with van der Waals surface area (Å²) in [5.74, 6) is -1.29. The van der Waals surface area contributed by atoms with Gasteiger partial charge in [-0.3, -0.25) is 9.59 Å². The number of anilines is 1. The second-order valence-corrected chi connectivity index (χ2v) is 6.38. The number of ether oxygens (including phenoxy) is 2. The van der Waals surface area contributed by atoms with E-state index < -0.39 is 6.36 Å². The van der Waals surface area contributed by atoms with Gasteiger partial charge in [0.1, 0.15) is 5.75 Å². The largest absolute Gasteiger partial charge is 0.573 e. The molecule has 1 saturated carbocycles. The van der Waals surface area contributed by atoms with Gasteiger partial charge < -0.3 is 20.1 Å². The van der Waals surface area contributed by atoms with Gasteiger partial charge in [0.2, 0.25) is 5.91 Å². The molecular weight excluding hydrogens is 365 g/mol. The number of hydrogen-bond donors (Lipinski definition) is 2. The summed E-state index contributed by atoms with van der Waals surface area (Å²) in [6.45, 7) is -0.0149. The SMILES string of the molecule is COC(=O)[C@H]1CCCCC[C@@H]1NCC(=O)Nc1ccc(OC(F)(F)F)cc1. The van der Waals surface area contributed by atoms with Crippen molar-refractivity contribution >= 4 is 17.6 Å². The zero-order chi connectivity index (χ0) is 19.9. The van der Waals surface area contributed by atoms with Crippen LogP contribution in [0.1, 0.15) is 32.1 Å². The molecule has 1 aliphatic rings. The van der Waals surface area contributed by atoms with Crippen molar-refractivity contribution in [2.75, 3.05) is 19.0 Å². The number of methoxy groups -OCH3 is 1. The van der Waals surface area contributed by atoms with E-state index in [0.717, 1.165) is 37.8 Å². The molecule has 6 nitrogen and oxygen atoms in total. The first kappa shape index (κ1) is 21.0. The Morgan fingerprint density at radius 3 is 2.41 bits per heavy atom. The normalized spacial score (nSPS) is 20.4. The Kier molecular flexibility index (Phi) is 7.46. The number of rotatable bonds is 6. The predicted molar refractivity (Wildman–Crippen MR) is 92.1 cm³/mol. The number of hydrogen-bond acceptors (Lipinski definition) is 5. The second-order valence-electron chi connectivity index (χ2n) is 6.38. The molecule has 1 aromatic rings. The highest BCUT2D eigenvalue weighted by Gasteiger charge is 2.31. The van der Waals surface area contributed by atoms with Gasteiger partial charge in [0.15, 0.2) is 0 Å². The van der Waals surface area contributed by atoms with Crippen LogP contribution in [0.2, 0.25) is 0 Å². The molecule has 9 heteroatoms. The van der Waals surface area contributed by atoms with Gasteiger partial charge >= 0.3 is 12.3 Å². The molecule has 0 bridgehead atoms. The van der Waals surface area contributed by atoms with E-state index in [1.165, 1.54) is 19.2 Å². The van der Waals surface area contributed by atoms with Gasteiger partial charge in [0, 0.05) is 11.7 Å². The number of esters is 1. The van der Waals surface area contributed by atoms with Gasteiger partial charge in [0.25, 0.3) is 0 Å². The number of alkyl halides is 3. The number of halogens is 3. The van der Waals surface area contributed by atoms with Gasteiger partial charge in [-0.05, 0) is 37.1 Å². The zero-order valence-corrected chi connectivity index (χ0v) is 15.0. The molecule has 0 spiro atoms. The fraction of sp³-hybridized carbons (Fsp3) is 0.556. The van der Waals surface area contributed by atoms with E-state index in [9.17, 15) is 22.8 Å². The molecule has 1 aromatic carbocycles. The van der Waals surface area contributed by atoms with Crippen molar-refractivity contribution in [1.29, 1.82) is 0 Å². The van der Waals surface area contributed by atoms with Crippen LogP contribution in [-0.2, 0) is 14.3 Å². The summed E-state index contributed by atoms with van der Waals surface area (Å²) in [7, 11) is 1.35. The van der Waals surface area contributed by atoms with E-state index in [4.69, 9.17) is 4.74 Å². The Morgan fingerprint density at radius 2 is 1.78 bits per heavy atom. The molecule has 1 amide bonds. The van der Waals surface area contributed by atoms with E-state index in [-0.39, 0.29) is 36.1 Å². The summed E-state index contributed by atoms with van der Waals surface area (Å²) < 4.78 is 45.0.